The van der Waals surface area contributed by atoms with Gasteiger partial charge in [0.05, 0.1) is 4.43 Å². The number of aryl methyl sites for hydroxylation is 1. The third-order valence-electron chi connectivity index (χ3n) is 1.69. The summed E-state index contributed by atoms with van der Waals surface area (Å²) >= 11 is 2.26. The monoisotopic (exact) mass is 270 g/mol. The van der Waals surface area contributed by atoms with E-state index >= 15 is 0 Å². The smallest absolute Gasteiger partial charge is 0.0613 e. The lowest BCUT2D eigenvalue weighted by molar-refractivity contribution is 1.13. The van der Waals surface area contributed by atoms with Crippen LogP contribution in [0.15, 0.2) is 24.3 Å². The Labute approximate surface area is 87.5 Å². The van der Waals surface area contributed by atoms with Gasteiger partial charge in [-0.3, -0.25) is 0 Å². The van der Waals surface area contributed by atoms with E-state index in [1.165, 1.54) is 11.1 Å². The van der Waals surface area contributed by atoms with Crippen molar-refractivity contribution < 1.29 is 0 Å². The summed E-state index contributed by atoms with van der Waals surface area (Å²) in [7, 11) is 0. The maximum Gasteiger partial charge on any atom is 0.0613 e. The minimum absolute atomic E-state index is 0.899. The van der Waals surface area contributed by atoms with Gasteiger partial charge in [-0.15, -0.1) is 0 Å². The highest BCUT2D eigenvalue weighted by molar-refractivity contribution is 14.1. The Kier molecular flexibility index (Phi) is 4.16. The van der Waals surface area contributed by atoms with Gasteiger partial charge >= 0.3 is 0 Å². The molecule has 0 aliphatic heterocycles. The standard InChI is InChI=1S/C11H11I/c1-2-10-6-3-4-7-11(10)8-5-9-12/h3-4,6-7H,2,9H2,1H3. The van der Waals surface area contributed by atoms with Crippen molar-refractivity contribution in [2.75, 3.05) is 4.43 Å². The maximum atomic E-state index is 3.16. The Balaban J connectivity index is 2.97. The molecule has 0 aliphatic rings. The molecule has 0 heterocycles. The highest BCUT2D eigenvalue weighted by Crippen LogP contribution is 2.07. The van der Waals surface area contributed by atoms with Gasteiger partial charge in [0.2, 0.25) is 0 Å². The van der Waals surface area contributed by atoms with E-state index in [9.17, 15) is 0 Å². The highest BCUT2D eigenvalue weighted by atomic mass is 127. The number of hydrogen-bond donors (Lipinski definition) is 0. The van der Waals surface area contributed by atoms with E-state index in [4.69, 9.17) is 0 Å². The third kappa shape index (κ3) is 2.53. The summed E-state index contributed by atoms with van der Waals surface area (Å²) in [5, 5.41) is 0. The molecule has 0 nitrogen and oxygen atoms in total. The van der Waals surface area contributed by atoms with Crippen molar-refractivity contribution in [1.29, 1.82) is 0 Å². The molecule has 0 saturated carbocycles. The molecule has 0 fully saturated rings. The van der Waals surface area contributed by atoms with Crippen molar-refractivity contribution in [1.82, 2.24) is 0 Å². The van der Waals surface area contributed by atoms with E-state index in [0.717, 1.165) is 10.8 Å². The van der Waals surface area contributed by atoms with E-state index in [2.05, 4.69) is 59.6 Å². The molecule has 0 spiro atoms. The summed E-state index contributed by atoms with van der Waals surface area (Å²) in [4.78, 5) is 0. The Morgan fingerprint density at radius 3 is 2.75 bits per heavy atom. The molecule has 0 aromatic heterocycles. The van der Waals surface area contributed by atoms with E-state index in [1.807, 2.05) is 6.07 Å². The van der Waals surface area contributed by atoms with Gasteiger partial charge < -0.3 is 0 Å². The maximum absolute atomic E-state index is 3.16. The fourth-order valence-corrected chi connectivity index (χ4v) is 1.27. The third-order valence-corrected chi connectivity index (χ3v) is 2.07. The molecule has 1 rings (SSSR count). The lowest BCUT2D eigenvalue weighted by Crippen LogP contribution is -1.85. The zero-order chi connectivity index (χ0) is 8.81. The van der Waals surface area contributed by atoms with Gasteiger partial charge in [-0.25, -0.2) is 0 Å². The second-order valence-electron chi connectivity index (χ2n) is 2.45. The number of alkyl halides is 1. The lowest BCUT2D eigenvalue weighted by atomic mass is 10.1. The minimum atomic E-state index is 0.899. The zero-order valence-corrected chi connectivity index (χ0v) is 9.26. The first-order chi connectivity index (χ1) is 5.88. The second-order valence-corrected chi connectivity index (χ2v) is 3.21. The molecule has 1 heteroatoms. The van der Waals surface area contributed by atoms with Gasteiger partial charge in [0.15, 0.2) is 0 Å². The van der Waals surface area contributed by atoms with Crippen LogP contribution in [0.1, 0.15) is 18.1 Å². The van der Waals surface area contributed by atoms with Crippen LogP contribution in [0.25, 0.3) is 0 Å². The Morgan fingerprint density at radius 2 is 2.08 bits per heavy atom. The first-order valence-corrected chi connectivity index (χ1v) is 5.53. The van der Waals surface area contributed by atoms with Crippen molar-refractivity contribution in [3.63, 3.8) is 0 Å². The van der Waals surface area contributed by atoms with Crippen LogP contribution in [-0.4, -0.2) is 4.43 Å². The Hall–Kier alpha value is -0.490. The summed E-state index contributed by atoms with van der Waals surface area (Å²) in [6.07, 6.45) is 1.06. The zero-order valence-electron chi connectivity index (χ0n) is 7.10. The average Bonchev–Trinajstić information content (AvgIpc) is 2.15. The largest absolute Gasteiger partial charge is 0.0872 e. The summed E-state index contributed by atoms with van der Waals surface area (Å²) in [5.74, 6) is 6.23. The molecular formula is C11H11I. The number of hydrogen-bond acceptors (Lipinski definition) is 0. The molecule has 0 amide bonds. The van der Waals surface area contributed by atoms with Crippen LogP contribution in [0.5, 0.6) is 0 Å². The topological polar surface area (TPSA) is 0 Å². The minimum Gasteiger partial charge on any atom is -0.0872 e. The van der Waals surface area contributed by atoms with Crippen molar-refractivity contribution in [3.05, 3.63) is 35.4 Å². The molecule has 0 unspecified atom stereocenters. The van der Waals surface area contributed by atoms with Crippen LogP contribution in [-0.2, 0) is 6.42 Å². The fraction of sp³-hybridized carbons (Fsp3) is 0.273. The van der Waals surface area contributed by atoms with E-state index in [0.29, 0.717) is 0 Å². The average molecular weight is 270 g/mol. The normalized spacial score (nSPS) is 8.83. The van der Waals surface area contributed by atoms with Crippen molar-refractivity contribution in [3.8, 4) is 11.8 Å². The van der Waals surface area contributed by atoms with Crippen LogP contribution in [0.3, 0.4) is 0 Å². The summed E-state index contributed by atoms with van der Waals surface area (Å²) < 4.78 is 0.899. The molecule has 0 bridgehead atoms. The molecule has 62 valence electrons. The van der Waals surface area contributed by atoms with E-state index in [-0.39, 0.29) is 0 Å². The molecule has 0 aliphatic carbocycles. The van der Waals surface area contributed by atoms with Crippen molar-refractivity contribution in [2.45, 2.75) is 13.3 Å². The lowest BCUT2D eigenvalue weighted by Gasteiger charge is -1.98. The first-order valence-electron chi connectivity index (χ1n) is 4.01. The van der Waals surface area contributed by atoms with Gasteiger partial charge in [0, 0.05) is 5.56 Å². The SMILES string of the molecule is CCc1ccccc1C#CCI. The quantitative estimate of drug-likeness (QED) is 0.418. The van der Waals surface area contributed by atoms with Crippen LogP contribution in [0.2, 0.25) is 0 Å². The van der Waals surface area contributed by atoms with Gasteiger partial charge in [-0.2, -0.15) is 0 Å². The number of benzene rings is 1. The molecule has 0 N–H and O–H groups in total. The highest BCUT2D eigenvalue weighted by Gasteiger charge is 1.93. The van der Waals surface area contributed by atoms with Gasteiger partial charge in [0.1, 0.15) is 0 Å². The van der Waals surface area contributed by atoms with Gasteiger partial charge in [0.25, 0.3) is 0 Å². The van der Waals surface area contributed by atoms with Crippen molar-refractivity contribution >= 4 is 22.6 Å². The van der Waals surface area contributed by atoms with Gasteiger partial charge in [-0.05, 0) is 18.1 Å². The molecule has 1 aromatic rings. The van der Waals surface area contributed by atoms with Gasteiger partial charge in [-0.1, -0.05) is 59.6 Å². The first kappa shape index (κ1) is 9.60. The van der Waals surface area contributed by atoms with E-state index < -0.39 is 0 Å². The van der Waals surface area contributed by atoms with Crippen LogP contribution in [0.4, 0.5) is 0 Å². The Bertz CT molecular complexity index is 304. The predicted molar refractivity (Wildman–Crippen MR) is 61.6 cm³/mol. The molecule has 1 aromatic carbocycles. The van der Waals surface area contributed by atoms with Crippen LogP contribution in [0, 0.1) is 11.8 Å². The fourth-order valence-electron chi connectivity index (χ4n) is 1.08. The summed E-state index contributed by atoms with van der Waals surface area (Å²) in [5.41, 5.74) is 2.52. The molecule has 12 heavy (non-hydrogen) atoms. The second kappa shape index (κ2) is 5.21. The van der Waals surface area contributed by atoms with Crippen molar-refractivity contribution in [2.24, 2.45) is 0 Å². The summed E-state index contributed by atoms with van der Waals surface area (Å²) in [6, 6.07) is 8.32. The molecule has 0 saturated heterocycles. The van der Waals surface area contributed by atoms with Crippen LogP contribution < -0.4 is 0 Å². The van der Waals surface area contributed by atoms with E-state index in [1.54, 1.807) is 0 Å². The summed E-state index contributed by atoms with van der Waals surface area (Å²) in [6.45, 7) is 2.16. The Morgan fingerprint density at radius 1 is 1.33 bits per heavy atom. The molecule has 0 atom stereocenters. The number of rotatable bonds is 1. The predicted octanol–water partition coefficient (Wildman–Crippen LogP) is 3.04. The molecule has 0 radical (unpaired) electrons. The van der Waals surface area contributed by atoms with Crippen LogP contribution >= 0.6 is 22.6 Å². The molecular weight excluding hydrogens is 259 g/mol. The number of halogens is 1.